The molecular formula is C25H19BrClFN2O3. The van der Waals surface area contributed by atoms with Crippen LogP contribution in [-0.4, -0.2) is 13.0 Å². The van der Waals surface area contributed by atoms with Crippen LogP contribution in [0.15, 0.2) is 70.7 Å². The van der Waals surface area contributed by atoms with Crippen LogP contribution in [0.25, 0.3) is 6.08 Å². The van der Waals surface area contributed by atoms with E-state index in [9.17, 15) is 14.4 Å². The number of benzene rings is 3. The number of rotatable bonds is 8. The number of carbonyl (C=O) groups is 1. The number of carbonyl (C=O) groups excluding carboxylic acids is 1. The van der Waals surface area contributed by atoms with E-state index >= 15 is 0 Å². The summed E-state index contributed by atoms with van der Waals surface area (Å²) in [5.74, 6) is 0.162. The lowest BCUT2D eigenvalue weighted by Crippen LogP contribution is -2.23. The summed E-state index contributed by atoms with van der Waals surface area (Å²) < 4.78 is 25.1. The Labute approximate surface area is 204 Å². The fourth-order valence-corrected chi connectivity index (χ4v) is 3.89. The third kappa shape index (κ3) is 6.58. The molecule has 8 heteroatoms. The minimum Gasteiger partial charge on any atom is -0.497 e. The molecule has 0 aliphatic rings. The van der Waals surface area contributed by atoms with Gasteiger partial charge in [-0.1, -0.05) is 41.9 Å². The first-order chi connectivity index (χ1) is 15.9. The lowest BCUT2D eigenvalue weighted by Gasteiger charge is -2.12. The Bertz CT molecular complexity index is 1200. The number of ether oxygens (including phenoxy) is 2. The smallest absolute Gasteiger partial charge is 0.262 e. The molecule has 1 amide bonds. The average molecular weight is 530 g/mol. The molecule has 0 aromatic heterocycles. The van der Waals surface area contributed by atoms with E-state index in [1.165, 1.54) is 12.1 Å². The molecule has 0 heterocycles. The number of hydrogen-bond donors (Lipinski definition) is 1. The van der Waals surface area contributed by atoms with Gasteiger partial charge in [-0.3, -0.25) is 4.79 Å². The molecule has 0 fully saturated rings. The first-order valence-corrected chi connectivity index (χ1v) is 11.0. The van der Waals surface area contributed by atoms with E-state index in [0.717, 1.165) is 5.56 Å². The van der Waals surface area contributed by atoms with Crippen molar-refractivity contribution in [3.63, 3.8) is 0 Å². The number of methoxy groups -OCH3 is 1. The molecule has 3 aromatic rings. The standard InChI is InChI=1S/C25H19BrClFN2O3/c1-32-20-8-6-16(7-9-20)14-30-25(31)19(13-29)10-17-11-21(26)24(22(27)12-17)33-15-18-4-2-3-5-23(18)28/h2-12H,14-15H2,1H3,(H,30,31)/b19-10-. The molecule has 0 saturated carbocycles. The summed E-state index contributed by atoms with van der Waals surface area (Å²) in [5, 5.41) is 12.4. The molecule has 0 unspecified atom stereocenters. The second-order valence-corrected chi connectivity index (χ2v) is 8.16. The molecule has 0 bridgehead atoms. The zero-order chi connectivity index (χ0) is 23.8. The van der Waals surface area contributed by atoms with Crippen molar-refractivity contribution in [3.05, 3.63) is 98.2 Å². The minimum atomic E-state index is -0.513. The van der Waals surface area contributed by atoms with Crippen LogP contribution < -0.4 is 14.8 Å². The highest BCUT2D eigenvalue weighted by Crippen LogP contribution is 2.35. The second-order valence-electron chi connectivity index (χ2n) is 6.89. The van der Waals surface area contributed by atoms with Crippen LogP contribution in [0.1, 0.15) is 16.7 Å². The Morgan fingerprint density at radius 2 is 1.94 bits per heavy atom. The largest absolute Gasteiger partial charge is 0.497 e. The van der Waals surface area contributed by atoms with Crippen LogP contribution in [0.4, 0.5) is 4.39 Å². The van der Waals surface area contributed by atoms with Crippen LogP contribution in [0.3, 0.4) is 0 Å². The van der Waals surface area contributed by atoms with Gasteiger partial charge in [0.15, 0.2) is 5.75 Å². The maximum absolute atomic E-state index is 13.8. The predicted octanol–water partition coefficient (Wildman–Crippen LogP) is 6.05. The first-order valence-electron chi connectivity index (χ1n) is 9.79. The van der Waals surface area contributed by atoms with E-state index in [2.05, 4.69) is 21.2 Å². The van der Waals surface area contributed by atoms with Gasteiger partial charge in [-0.2, -0.15) is 5.26 Å². The van der Waals surface area contributed by atoms with Crippen molar-refractivity contribution in [2.75, 3.05) is 7.11 Å². The first kappa shape index (κ1) is 24.3. The zero-order valence-electron chi connectivity index (χ0n) is 17.6. The molecule has 0 aliphatic heterocycles. The molecule has 0 spiro atoms. The van der Waals surface area contributed by atoms with Crippen LogP contribution >= 0.6 is 27.5 Å². The molecule has 1 N–H and O–H groups in total. The van der Waals surface area contributed by atoms with Gasteiger partial charge in [-0.25, -0.2) is 4.39 Å². The van der Waals surface area contributed by atoms with Crippen molar-refractivity contribution >= 4 is 39.5 Å². The normalized spacial score (nSPS) is 10.9. The summed E-state index contributed by atoms with van der Waals surface area (Å²) >= 11 is 9.73. The zero-order valence-corrected chi connectivity index (χ0v) is 19.9. The fraction of sp³-hybridized carbons (Fsp3) is 0.120. The van der Waals surface area contributed by atoms with Gasteiger partial charge in [0.05, 0.1) is 16.6 Å². The van der Waals surface area contributed by atoms with Crippen molar-refractivity contribution in [2.24, 2.45) is 0 Å². The van der Waals surface area contributed by atoms with Gasteiger partial charge >= 0.3 is 0 Å². The molecule has 0 radical (unpaired) electrons. The molecule has 168 valence electrons. The van der Waals surface area contributed by atoms with Gasteiger partial charge < -0.3 is 14.8 Å². The summed E-state index contributed by atoms with van der Waals surface area (Å²) in [4.78, 5) is 12.5. The molecule has 33 heavy (non-hydrogen) atoms. The minimum absolute atomic E-state index is 0.00259. The summed E-state index contributed by atoms with van der Waals surface area (Å²) in [5.41, 5.74) is 1.71. The monoisotopic (exact) mass is 528 g/mol. The van der Waals surface area contributed by atoms with E-state index < -0.39 is 5.91 Å². The van der Waals surface area contributed by atoms with Crippen LogP contribution in [0.2, 0.25) is 5.02 Å². The van der Waals surface area contributed by atoms with E-state index in [1.807, 2.05) is 18.2 Å². The third-order valence-corrected chi connectivity index (χ3v) is 5.51. The molecular weight excluding hydrogens is 511 g/mol. The topological polar surface area (TPSA) is 71.3 Å². The number of amides is 1. The SMILES string of the molecule is COc1ccc(CNC(=O)/C(C#N)=C\c2cc(Cl)c(OCc3ccccc3F)c(Br)c2)cc1. The van der Waals surface area contributed by atoms with Gasteiger partial charge in [0, 0.05) is 12.1 Å². The van der Waals surface area contributed by atoms with E-state index in [1.54, 1.807) is 49.6 Å². The quantitative estimate of drug-likeness (QED) is 0.285. The Morgan fingerprint density at radius 1 is 1.21 bits per heavy atom. The van der Waals surface area contributed by atoms with Crippen LogP contribution in [0, 0.1) is 17.1 Å². The number of halogens is 3. The maximum atomic E-state index is 13.8. The molecule has 0 saturated heterocycles. The van der Waals surface area contributed by atoms with Gasteiger partial charge in [0.1, 0.15) is 29.8 Å². The average Bonchev–Trinajstić information content (AvgIpc) is 2.81. The van der Waals surface area contributed by atoms with Gasteiger partial charge in [-0.05, 0) is 63.5 Å². The molecule has 3 aromatic carbocycles. The third-order valence-electron chi connectivity index (χ3n) is 4.64. The number of nitrogens with one attached hydrogen (secondary N) is 1. The van der Waals surface area contributed by atoms with Crippen LogP contribution in [0.5, 0.6) is 11.5 Å². The fourth-order valence-electron chi connectivity index (χ4n) is 2.90. The Morgan fingerprint density at radius 3 is 2.58 bits per heavy atom. The molecule has 0 aliphatic carbocycles. The van der Waals surface area contributed by atoms with Crippen molar-refractivity contribution in [1.29, 1.82) is 5.26 Å². The van der Waals surface area contributed by atoms with Gasteiger partial charge in [0.25, 0.3) is 5.91 Å². The predicted molar refractivity (Wildman–Crippen MR) is 128 cm³/mol. The summed E-state index contributed by atoms with van der Waals surface area (Å²) in [6.45, 7) is 0.256. The molecule has 3 rings (SSSR count). The highest BCUT2D eigenvalue weighted by atomic mass is 79.9. The van der Waals surface area contributed by atoms with E-state index in [0.29, 0.717) is 27.1 Å². The van der Waals surface area contributed by atoms with Gasteiger partial charge in [-0.15, -0.1) is 0 Å². The van der Waals surface area contributed by atoms with Crippen molar-refractivity contribution in [1.82, 2.24) is 5.32 Å². The second kappa shape index (κ2) is 11.5. The highest BCUT2D eigenvalue weighted by Gasteiger charge is 2.13. The van der Waals surface area contributed by atoms with Crippen molar-refractivity contribution in [3.8, 4) is 17.6 Å². The summed E-state index contributed by atoms with van der Waals surface area (Å²) in [6, 6.07) is 18.7. The highest BCUT2D eigenvalue weighted by molar-refractivity contribution is 9.10. The van der Waals surface area contributed by atoms with Crippen molar-refractivity contribution < 1.29 is 18.7 Å². The Hall–Kier alpha value is -3.34. The van der Waals surface area contributed by atoms with E-state index in [-0.39, 0.29) is 29.6 Å². The molecule has 5 nitrogen and oxygen atoms in total. The van der Waals surface area contributed by atoms with E-state index in [4.69, 9.17) is 21.1 Å². The lowest BCUT2D eigenvalue weighted by atomic mass is 10.1. The lowest BCUT2D eigenvalue weighted by molar-refractivity contribution is -0.117. The summed E-state index contributed by atoms with van der Waals surface area (Å²) in [7, 11) is 1.58. The number of nitrogens with zero attached hydrogens (tertiary/aromatic N) is 1. The number of hydrogen-bond acceptors (Lipinski definition) is 4. The maximum Gasteiger partial charge on any atom is 0.262 e. The number of nitriles is 1. The van der Waals surface area contributed by atoms with Crippen molar-refractivity contribution in [2.45, 2.75) is 13.2 Å². The van der Waals surface area contributed by atoms with Gasteiger partial charge in [0.2, 0.25) is 0 Å². The van der Waals surface area contributed by atoms with Crippen LogP contribution in [-0.2, 0) is 17.9 Å². The Balaban J connectivity index is 1.70. The summed E-state index contributed by atoms with van der Waals surface area (Å²) in [6.07, 6.45) is 1.43. The molecule has 0 atom stereocenters. The Kier molecular flexibility index (Phi) is 8.47.